The van der Waals surface area contributed by atoms with Gasteiger partial charge < -0.3 is 10.2 Å². The lowest BCUT2D eigenvalue weighted by Gasteiger charge is -2.36. The summed E-state index contributed by atoms with van der Waals surface area (Å²) in [6, 6.07) is 15.4. The Morgan fingerprint density at radius 3 is 2.38 bits per heavy atom. The number of rotatable bonds is 5. The molecule has 168 valence electrons. The zero-order valence-electron chi connectivity index (χ0n) is 18.9. The first-order valence-corrected chi connectivity index (χ1v) is 11.4. The Morgan fingerprint density at radius 2 is 1.69 bits per heavy atom. The second-order valence-electron chi connectivity index (χ2n) is 8.51. The molecule has 0 amide bonds. The van der Waals surface area contributed by atoms with E-state index in [0.29, 0.717) is 0 Å². The summed E-state index contributed by atoms with van der Waals surface area (Å²) in [5.74, 6) is -0.180. The lowest BCUT2D eigenvalue weighted by atomic mass is 10.1. The van der Waals surface area contributed by atoms with Gasteiger partial charge >= 0.3 is 0 Å². The van der Waals surface area contributed by atoms with Crippen molar-refractivity contribution in [3.63, 3.8) is 0 Å². The average molecular weight is 452 g/mol. The van der Waals surface area contributed by atoms with Gasteiger partial charge in [0.25, 0.3) is 0 Å². The number of hydrogen-bond donors (Lipinski definition) is 1. The minimum atomic E-state index is -0.180. The maximum Gasteiger partial charge on any atom is 0.173 e. The normalized spacial score (nSPS) is 14.6. The van der Waals surface area contributed by atoms with Crippen LogP contribution in [0.2, 0.25) is 0 Å². The molecule has 0 bridgehead atoms. The maximum atomic E-state index is 13.4. The molecule has 2 aromatic carbocycles. The first-order valence-electron chi connectivity index (χ1n) is 11.0. The monoisotopic (exact) mass is 451 g/mol. The third-order valence-electron chi connectivity index (χ3n) is 6.02. The van der Waals surface area contributed by atoms with Crippen LogP contribution in [0, 0.1) is 26.6 Å². The molecule has 0 aliphatic carbocycles. The van der Waals surface area contributed by atoms with Crippen molar-refractivity contribution in [3.05, 3.63) is 82.4 Å². The first-order chi connectivity index (χ1) is 15.4. The Hall–Kier alpha value is -2.77. The van der Waals surface area contributed by atoms with Gasteiger partial charge in [-0.15, -0.1) is 0 Å². The zero-order valence-corrected chi connectivity index (χ0v) is 19.8. The fourth-order valence-electron chi connectivity index (χ4n) is 4.09. The average Bonchev–Trinajstić information content (AvgIpc) is 3.03. The van der Waals surface area contributed by atoms with E-state index in [4.69, 9.17) is 17.3 Å². The number of anilines is 1. The smallest absolute Gasteiger partial charge is 0.173 e. The number of halogens is 1. The quantitative estimate of drug-likeness (QED) is 0.578. The standard InChI is InChI=1S/C25H30FN5S/c1-18-7-9-21(10-8-18)17-31-20(3)24(19(2)28-31)27-25(32)30-13-11-29(12-14-30)16-22-5-4-6-23(26)15-22/h4-10,15H,11-14,16-17H2,1-3H3,(H,27,32). The molecule has 1 fully saturated rings. The van der Waals surface area contributed by atoms with Crippen LogP contribution in [0.1, 0.15) is 28.1 Å². The van der Waals surface area contributed by atoms with E-state index >= 15 is 0 Å². The predicted octanol–water partition coefficient (Wildman–Crippen LogP) is 4.51. The number of aromatic nitrogens is 2. The molecule has 1 saturated heterocycles. The number of nitrogens with one attached hydrogen (secondary N) is 1. The van der Waals surface area contributed by atoms with Crippen LogP contribution < -0.4 is 5.32 Å². The van der Waals surface area contributed by atoms with Crippen LogP contribution in [0.3, 0.4) is 0 Å². The number of piperazine rings is 1. The Bertz CT molecular complexity index is 1080. The van der Waals surface area contributed by atoms with Gasteiger partial charge in [-0.05, 0) is 56.2 Å². The number of benzene rings is 2. The first kappa shape index (κ1) is 22.4. The van der Waals surface area contributed by atoms with Crippen molar-refractivity contribution in [1.29, 1.82) is 0 Å². The van der Waals surface area contributed by atoms with Gasteiger partial charge in [0, 0.05) is 32.7 Å². The van der Waals surface area contributed by atoms with Crippen molar-refractivity contribution in [1.82, 2.24) is 19.6 Å². The molecule has 4 rings (SSSR count). The van der Waals surface area contributed by atoms with E-state index < -0.39 is 0 Å². The van der Waals surface area contributed by atoms with Gasteiger partial charge in [-0.2, -0.15) is 5.10 Å². The van der Waals surface area contributed by atoms with E-state index in [1.165, 1.54) is 17.2 Å². The van der Waals surface area contributed by atoms with Crippen molar-refractivity contribution in [2.24, 2.45) is 0 Å². The van der Waals surface area contributed by atoms with Crippen LogP contribution in [0.25, 0.3) is 0 Å². The molecular weight excluding hydrogens is 421 g/mol. The van der Waals surface area contributed by atoms with Crippen molar-refractivity contribution >= 4 is 23.0 Å². The summed E-state index contributed by atoms with van der Waals surface area (Å²) in [7, 11) is 0. The molecule has 1 aliphatic heterocycles. The van der Waals surface area contributed by atoms with Gasteiger partial charge in [0.1, 0.15) is 5.82 Å². The molecule has 1 aromatic heterocycles. The van der Waals surface area contributed by atoms with Gasteiger partial charge in [-0.1, -0.05) is 42.0 Å². The van der Waals surface area contributed by atoms with Crippen molar-refractivity contribution in [2.75, 3.05) is 31.5 Å². The van der Waals surface area contributed by atoms with E-state index in [1.54, 1.807) is 12.1 Å². The van der Waals surface area contributed by atoms with Crippen molar-refractivity contribution in [3.8, 4) is 0 Å². The molecule has 3 aromatic rings. The zero-order chi connectivity index (χ0) is 22.7. The summed E-state index contributed by atoms with van der Waals surface area (Å²) in [5.41, 5.74) is 6.50. The minimum absolute atomic E-state index is 0.180. The molecule has 0 saturated carbocycles. The molecule has 0 spiro atoms. The second-order valence-corrected chi connectivity index (χ2v) is 8.90. The van der Waals surface area contributed by atoms with Gasteiger partial charge in [-0.3, -0.25) is 9.58 Å². The second kappa shape index (κ2) is 9.79. The predicted molar refractivity (Wildman–Crippen MR) is 131 cm³/mol. The summed E-state index contributed by atoms with van der Waals surface area (Å²) < 4.78 is 15.5. The molecule has 5 nitrogen and oxygen atoms in total. The van der Waals surface area contributed by atoms with Gasteiger partial charge in [0.2, 0.25) is 0 Å². The van der Waals surface area contributed by atoms with Crippen molar-refractivity contribution in [2.45, 2.75) is 33.9 Å². The van der Waals surface area contributed by atoms with Crippen LogP contribution in [-0.4, -0.2) is 50.9 Å². The van der Waals surface area contributed by atoms with E-state index in [0.717, 1.165) is 67.0 Å². The van der Waals surface area contributed by atoms with Crippen LogP contribution in [0.5, 0.6) is 0 Å². The van der Waals surface area contributed by atoms with Crippen LogP contribution >= 0.6 is 12.2 Å². The van der Waals surface area contributed by atoms with Crippen molar-refractivity contribution < 1.29 is 4.39 Å². The fourth-order valence-corrected chi connectivity index (χ4v) is 4.37. The number of nitrogens with zero attached hydrogens (tertiary/aromatic N) is 4. The van der Waals surface area contributed by atoms with Gasteiger partial charge in [-0.25, -0.2) is 4.39 Å². The van der Waals surface area contributed by atoms with Crippen LogP contribution in [-0.2, 0) is 13.1 Å². The number of aryl methyl sites for hydroxylation is 2. The molecule has 1 N–H and O–H groups in total. The highest BCUT2D eigenvalue weighted by Gasteiger charge is 2.21. The molecular formula is C25H30FN5S. The largest absolute Gasteiger partial charge is 0.346 e. The highest BCUT2D eigenvalue weighted by Crippen LogP contribution is 2.22. The molecule has 1 aliphatic rings. The highest BCUT2D eigenvalue weighted by atomic mass is 32.1. The summed E-state index contributed by atoms with van der Waals surface area (Å²) >= 11 is 5.72. The topological polar surface area (TPSA) is 36.3 Å². The number of thiocarbonyl (C=S) groups is 1. The van der Waals surface area contributed by atoms with E-state index in [2.05, 4.69) is 53.2 Å². The Kier molecular flexibility index (Phi) is 6.86. The molecule has 0 radical (unpaired) electrons. The summed E-state index contributed by atoms with van der Waals surface area (Å²) in [4.78, 5) is 4.54. The Balaban J connectivity index is 1.34. The molecule has 7 heteroatoms. The Morgan fingerprint density at radius 1 is 0.969 bits per heavy atom. The third-order valence-corrected chi connectivity index (χ3v) is 6.38. The van der Waals surface area contributed by atoms with Crippen LogP contribution in [0.15, 0.2) is 48.5 Å². The molecule has 2 heterocycles. The van der Waals surface area contributed by atoms with E-state index in [9.17, 15) is 4.39 Å². The summed E-state index contributed by atoms with van der Waals surface area (Å²) in [5, 5.41) is 8.90. The molecule has 0 unspecified atom stereocenters. The minimum Gasteiger partial charge on any atom is -0.346 e. The lowest BCUT2D eigenvalue weighted by molar-refractivity contribution is 0.177. The van der Waals surface area contributed by atoms with Crippen LogP contribution in [0.4, 0.5) is 10.1 Å². The fraction of sp³-hybridized carbons (Fsp3) is 0.360. The third kappa shape index (κ3) is 5.34. The maximum absolute atomic E-state index is 13.4. The van der Waals surface area contributed by atoms with E-state index in [-0.39, 0.29) is 5.82 Å². The highest BCUT2D eigenvalue weighted by molar-refractivity contribution is 7.80. The lowest BCUT2D eigenvalue weighted by Crippen LogP contribution is -2.49. The van der Waals surface area contributed by atoms with Gasteiger partial charge in [0.05, 0.1) is 23.6 Å². The number of hydrogen-bond acceptors (Lipinski definition) is 3. The SMILES string of the molecule is Cc1ccc(Cn2nc(C)c(NC(=S)N3CCN(Cc4cccc(F)c4)CC3)c2C)cc1. The summed E-state index contributed by atoms with van der Waals surface area (Å²) in [6.07, 6.45) is 0. The van der Waals surface area contributed by atoms with E-state index in [1.807, 2.05) is 17.7 Å². The summed E-state index contributed by atoms with van der Waals surface area (Å²) in [6.45, 7) is 11.2. The molecule has 0 atom stereocenters. The molecule has 32 heavy (non-hydrogen) atoms. The van der Waals surface area contributed by atoms with Gasteiger partial charge in [0.15, 0.2) is 5.11 Å². The Labute approximate surface area is 194 Å².